The largest absolute Gasteiger partial charge is 0.390 e. The summed E-state index contributed by atoms with van der Waals surface area (Å²) in [7, 11) is -3.21. The Kier molecular flexibility index (Phi) is 6.24. The predicted molar refractivity (Wildman–Crippen MR) is 98.0 cm³/mol. The van der Waals surface area contributed by atoms with E-state index in [0.29, 0.717) is 44.3 Å². The van der Waals surface area contributed by atoms with E-state index in [9.17, 15) is 18.3 Å². The maximum atomic E-state index is 12.7. The fourth-order valence-electron chi connectivity index (χ4n) is 3.00. The summed E-state index contributed by atoms with van der Waals surface area (Å²) in [5.74, 6) is -0.0251. The Morgan fingerprint density at radius 3 is 2.52 bits per heavy atom. The first-order chi connectivity index (χ1) is 11.5. The number of likely N-dealkylation sites (tertiary alicyclic amines) is 1. The molecule has 2 N–H and O–H groups in total. The van der Waals surface area contributed by atoms with Crippen LogP contribution in [0.1, 0.15) is 49.0 Å². The number of amides is 1. The van der Waals surface area contributed by atoms with Crippen molar-refractivity contribution in [2.45, 2.75) is 51.2 Å². The van der Waals surface area contributed by atoms with Crippen LogP contribution in [0.2, 0.25) is 0 Å². The van der Waals surface area contributed by atoms with Gasteiger partial charge in [-0.3, -0.25) is 4.79 Å². The van der Waals surface area contributed by atoms with Crippen LogP contribution in [0.4, 0.5) is 0 Å². The van der Waals surface area contributed by atoms with E-state index in [1.165, 1.54) is 0 Å². The smallest absolute Gasteiger partial charge is 0.253 e. The first-order valence-corrected chi connectivity index (χ1v) is 10.5. The highest BCUT2D eigenvalue weighted by Gasteiger charge is 2.25. The minimum Gasteiger partial charge on any atom is -0.390 e. The van der Waals surface area contributed by atoms with Gasteiger partial charge in [-0.05, 0) is 57.2 Å². The number of piperidine rings is 1. The van der Waals surface area contributed by atoms with Gasteiger partial charge in [-0.1, -0.05) is 12.1 Å². The van der Waals surface area contributed by atoms with Crippen LogP contribution in [0.3, 0.4) is 0 Å². The van der Waals surface area contributed by atoms with E-state index in [4.69, 9.17) is 0 Å². The fraction of sp³-hybridized carbons (Fsp3) is 0.611. The highest BCUT2D eigenvalue weighted by Crippen LogP contribution is 2.18. The van der Waals surface area contributed by atoms with Crippen LogP contribution in [-0.4, -0.2) is 55.3 Å². The van der Waals surface area contributed by atoms with Crippen LogP contribution in [0.5, 0.6) is 0 Å². The van der Waals surface area contributed by atoms with E-state index in [2.05, 4.69) is 4.72 Å². The van der Waals surface area contributed by atoms with E-state index in [1.807, 2.05) is 18.2 Å². The van der Waals surface area contributed by atoms with E-state index in [1.54, 1.807) is 24.8 Å². The van der Waals surface area contributed by atoms with Crippen LogP contribution in [-0.2, 0) is 16.4 Å². The number of rotatable bonds is 6. The molecule has 0 saturated carbocycles. The Morgan fingerprint density at radius 1 is 1.32 bits per heavy atom. The zero-order chi connectivity index (χ0) is 18.7. The Balaban J connectivity index is 1.95. The third-order valence-electron chi connectivity index (χ3n) is 4.36. The minimum atomic E-state index is -3.21. The third-order valence-corrected chi connectivity index (χ3v) is 5.12. The van der Waals surface area contributed by atoms with Crippen LogP contribution < -0.4 is 4.72 Å². The highest BCUT2D eigenvalue weighted by atomic mass is 32.2. The van der Waals surface area contributed by atoms with Gasteiger partial charge in [0.2, 0.25) is 10.0 Å². The predicted octanol–water partition coefficient (Wildman–Crippen LogP) is 1.54. The van der Waals surface area contributed by atoms with Gasteiger partial charge < -0.3 is 10.0 Å². The zero-order valence-electron chi connectivity index (χ0n) is 15.2. The van der Waals surface area contributed by atoms with Gasteiger partial charge in [0.25, 0.3) is 5.91 Å². The molecule has 1 aromatic rings. The number of aliphatic hydroxyl groups is 1. The van der Waals surface area contributed by atoms with Crippen molar-refractivity contribution in [3.05, 3.63) is 35.4 Å². The molecule has 0 aliphatic carbocycles. The Hall–Kier alpha value is -1.44. The molecule has 0 unspecified atom stereocenters. The number of hydrogen-bond acceptors (Lipinski definition) is 4. The van der Waals surface area contributed by atoms with Crippen molar-refractivity contribution in [2.24, 2.45) is 0 Å². The molecule has 0 radical (unpaired) electrons. The Labute approximate surface area is 150 Å². The molecular weight excluding hydrogens is 340 g/mol. The van der Waals surface area contributed by atoms with Crippen molar-refractivity contribution in [3.8, 4) is 0 Å². The lowest BCUT2D eigenvalue weighted by Crippen LogP contribution is -2.46. The highest BCUT2D eigenvalue weighted by molar-refractivity contribution is 7.88. The second-order valence-electron chi connectivity index (χ2n) is 7.47. The van der Waals surface area contributed by atoms with Crippen LogP contribution in [0.25, 0.3) is 0 Å². The number of hydrogen-bond donors (Lipinski definition) is 2. The van der Waals surface area contributed by atoms with E-state index in [-0.39, 0.29) is 11.9 Å². The summed E-state index contributed by atoms with van der Waals surface area (Å²) in [6.07, 6.45) is 3.75. The quantitative estimate of drug-likeness (QED) is 0.797. The molecule has 1 aromatic carbocycles. The molecule has 140 valence electrons. The average Bonchev–Trinajstić information content (AvgIpc) is 2.51. The standard InChI is InChI=1S/C18H28N2O4S/c1-18(2,22)10-7-14-5-4-6-15(13-14)17(21)20-11-8-16(9-12-20)19-25(3,23)24/h4-6,13,16,19,22H,7-12H2,1-3H3. The lowest BCUT2D eigenvalue weighted by Gasteiger charge is -2.32. The third kappa shape index (κ3) is 6.76. The summed E-state index contributed by atoms with van der Waals surface area (Å²) < 4.78 is 25.2. The molecule has 0 atom stereocenters. The molecule has 1 heterocycles. The first-order valence-electron chi connectivity index (χ1n) is 8.61. The number of benzene rings is 1. The topological polar surface area (TPSA) is 86.7 Å². The van der Waals surface area contributed by atoms with Gasteiger partial charge in [-0.25, -0.2) is 13.1 Å². The van der Waals surface area contributed by atoms with Gasteiger partial charge in [0.15, 0.2) is 0 Å². The summed E-state index contributed by atoms with van der Waals surface area (Å²) in [6.45, 7) is 4.63. The van der Waals surface area contributed by atoms with Crippen molar-refractivity contribution in [3.63, 3.8) is 0 Å². The van der Waals surface area contributed by atoms with Crippen LogP contribution in [0, 0.1) is 0 Å². The van der Waals surface area contributed by atoms with Gasteiger partial charge in [-0.15, -0.1) is 0 Å². The van der Waals surface area contributed by atoms with E-state index < -0.39 is 15.6 Å². The Bertz CT molecular complexity index is 702. The number of nitrogens with one attached hydrogen (secondary N) is 1. The molecule has 7 heteroatoms. The van der Waals surface area contributed by atoms with Gasteiger partial charge >= 0.3 is 0 Å². The molecule has 1 aliphatic heterocycles. The molecule has 25 heavy (non-hydrogen) atoms. The fourth-order valence-corrected chi connectivity index (χ4v) is 3.84. The monoisotopic (exact) mass is 368 g/mol. The molecule has 1 saturated heterocycles. The summed E-state index contributed by atoms with van der Waals surface area (Å²) >= 11 is 0. The van der Waals surface area contributed by atoms with Crippen molar-refractivity contribution >= 4 is 15.9 Å². The summed E-state index contributed by atoms with van der Waals surface area (Å²) in [5, 5.41) is 9.84. The molecule has 0 aromatic heterocycles. The number of nitrogens with zero attached hydrogens (tertiary/aromatic N) is 1. The maximum absolute atomic E-state index is 12.7. The number of carbonyl (C=O) groups excluding carboxylic acids is 1. The number of sulfonamides is 1. The molecule has 2 rings (SSSR count). The van der Waals surface area contributed by atoms with Crippen molar-refractivity contribution in [1.29, 1.82) is 0 Å². The summed E-state index contributed by atoms with van der Waals surface area (Å²) in [4.78, 5) is 14.5. The normalized spacial score (nSPS) is 16.9. The molecule has 6 nitrogen and oxygen atoms in total. The van der Waals surface area contributed by atoms with Crippen LogP contribution in [0.15, 0.2) is 24.3 Å². The van der Waals surface area contributed by atoms with Crippen molar-refractivity contribution in [2.75, 3.05) is 19.3 Å². The summed E-state index contributed by atoms with van der Waals surface area (Å²) in [5.41, 5.74) is 0.943. The maximum Gasteiger partial charge on any atom is 0.253 e. The lowest BCUT2D eigenvalue weighted by molar-refractivity contribution is 0.0711. The number of carbonyl (C=O) groups is 1. The zero-order valence-corrected chi connectivity index (χ0v) is 16.0. The molecular formula is C18H28N2O4S. The molecule has 0 spiro atoms. The summed E-state index contributed by atoms with van der Waals surface area (Å²) in [6, 6.07) is 7.42. The lowest BCUT2D eigenvalue weighted by atomic mass is 9.97. The first kappa shape index (κ1) is 19.9. The van der Waals surface area contributed by atoms with Gasteiger partial charge in [0.05, 0.1) is 11.9 Å². The van der Waals surface area contributed by atoms with Crippen molar-refractivity contribution < 1.29 is 18.3 Å². The Morgan fingerprint density at radius 2 is 1.96 bits per heavy atom. The molecule has 1 aliphatic rings. The molecule has 1 fully saturated rings. The van der Waals surface area contributed by atoms with Gasteiger partial charge in [-0.2, -0.15) is 0 Å². The minimum absolute atomic E-state index is 0.0251. The average molecular weight is 368 g/mol. The molecule has 0 bridgehead atoms. The molecule has 1 amide bonds. The van der Waals surface area contributed by atoms with Gasteiger partial charge in [0.1, 0.15) is 0 Å². The van der Waals surface area contributed by atoms with E-state index >= 15 is 0 Å². The van der Waals surface area contributed by atoms with E-state index in [0.717, 1.165) is 11.8 Å². The number of aryl methyl sites for hydroxylation is 1. The SMILES string of the molecule is CC(C)(O)CCc1cccc(C(=O)N2CCC(NS(C)(=O)=O)CC2)c1. The van der Waals surface area contributed by atoms with Gasteiger partial charge in [0, 0.05) is 24.7 Å². The van der Waals surface area contributed by atoms with Crippen LogP contribution >= 0.6 is 0 Å². The second kappa shape index (κ2) is 7.85. The second-order valence-corrected chi connectivity index (χ2v) is 9.25. The van der Waals surface area contributed by atoms with Crippen molar-refractivity contribution in [1.82, 2.24) is 9.62 Å².